The molecule has 6 nitrogen and oxygen atoms in total. The van der Waals surface area contributed by atoms with Crippen LogP contribution in [0.15, 0.2) is 12.1 Å². The van der Waals surface area contributed by atoms with Gasteiger partial charge in [0, 0.05) is 18.7 Å². The first kappa shape index (κ1) is 15.7. The molecule has 8 heteroatoms. The number of nitrogens with zero attached hydrogens (tertiary/aromatic N) is 1. The van der Waals surface area contributed by atoms with E-state index < -0.39 is 6.09 Å². The van der Waals surface area contributed by atoms with Crippen LogP contribution < -0.4 is 11.1 Å². The van der Waals surface area contributed by atoms with Crippen LogP contribution in [0.2, 0.25) is 10.0 Å². The Morgan fingerprint density at radius 2 is 2.00 bits per heavy atom. The first-order chi connectivity index (χ1) is 9.92. The van der Waals surface area contributed by atoms with Crippen molar-refractivity contribution in [2.45, 2.75) is 12.5 Å². The molecule has 0 aliphatic carbocycles. The zero-order valence-corrected chi connectivity index (χ0v) is 12.9. The van der Waals surface area contributed by atoms with Crippen molar-refractivity contribution in [3.8, 4) is 0 Å². The van der Waals surface area contributed by atoms with Crippen molar-refractivity contribution in [3.05, 3.63) is 27.7 Å². The summed E-state index contributed by atoms with van der Waals surface area (Å²) < 4.78 is 4.53. The number of carbonyl (C=O) groups is 2. The third-order valence-corrected chi connectivity index (χ3v) is 3.93. The molecule has 0 bridgehead atoms. The van der Waals surface area contributed by atoms with Crippen LogP contribution in [0.3, 0.4) is 0 Å². The number of anilines is 1. The minimum atomic E-state index is -0.507. The van der Waals surface area contributed by atoms with Gasteiger partial charge in [0.2, 0.25) is 0 Å². The topological polar surface area (TPSA) is 84.7 Å². The Kier molecular flexibility index (Phi) is 4.80. The third kappa shape index (κ3) is 3.51. The summed E-state index contributed by atoms with van der Waals surface area (Å²) in [5, 5.41) is 3.16. The number of amides is 2. The molecule has 0 aromatic heterocycles. The second-order valence-corrected chi connectivity index (χ2v) is 5.54. The number of rotatable bonds is 2. The van der Waals surface area contributed by atoms with Crippen molar-refractivity contribution in [1.82, 2.24) is 10.2 Å². The van der Waals surface area contributed by atoms with Crippen molar-refractivity contribution >= 4 is 40.9 Å². The molecule has 1 heterocycles. The van der Waals surface area contributed by atoms with Crippen molar-refractivity contribution in [2.75, 3.05) is 25.9 Å². The summed E-state index contributed by atoms with van der Waals surface area (Å²) in [5.41, 5.74) is 6.27. The van der Waals surface area contributed by atoms with Gasteiger partial charge in [0.15, 0.2) is 0 Å². The molecule has 0 spiro atoms. The van der Waals surface area contributed by atoms with E-state index in [4.69, 9.17) is 28.9 Å². The number of carbonyl (C=O) groups excluding carboxylic acids is 2. The van der Waals surface area contributed by atoms with E-state index in [1.54, 1.807) is 4.90 Å². The number of halogens is 2. The second-order valence-electron chi connectivity index (χ2n) is 4.73. The Labute approximate surface area is 132 Å². The molecule has 1 aliphatic heterocycles. The third-order valence-electron chi connectivity index (χ3n) is 3.31. The number of nitrogens with two attached hydrogens (primary N) is 1. The van der Waals surface area contributed by atoms with E-state index in [0.717, 1.165) is 0 Å². The van der Waals surface area contributed by atoms with E-state index >= 15 is 0 Å². The van der Waals surface area contributed by atoms with Crippen LogP contribution in [-0.4, -0.2) is 43.1 Å². The van der Waals surface area contributed by atoms with Crippen LogP contribution in [-0.2, 0) is 4.74 Å². The lowest BCUT2D eigenvalue weighted by Crippen LogP contribution is -2.38. The molecular formula is C13H15Cl2N3O3. The summed E-state index contributed by atoms with van der Waals surface area (Å²) in [6.45, 7) is 0.945. The maximum atomic E-state index is 12.4. The zero-order chi connectivity index (χ0) is 15.6. The van der Waals surface area contributed by atoms with Gasteiger partial charge in [0.05, 0.1) is 28.9 Å². The van der Waals surface area contributed by atoms with Crippen molar-refractivity contribution in [2.24, 2.45) is 0 Å². The predicted molar refractivity (Wildman–Crippen MR) is 80.7 cm³/mol. The number of hydrogen-bond acceptors (Lipinski definition) is 4. The van der Waals surface area contributed by atoms with Crippen LogP contribution in [0, 0.1) is 0 Å². The van der Waals surface area contributed by atoms with Crippen molar-refractivity contribution in [1.29, 1.82) is 0 Å². The SMILES string of the molecule is COC(=O)NC1CCN(C(=O)c2cc(Cl)c(N)c(Cl)c2)C1. The highest BCUT2D eigenvalue weighted by Gasteiger charge is 2.28. The fraction of sp³-hybridized carbons (Fsp3) is 0.385. The molecule has 0 radical (unpaired) electrons. The Hall–Kier alpha value is -1.66. The number of hydrogen-bond donors (Lipinski definition) is 2. The molecule has 2 rings (SSSR count). The van der Waals surface area contributed by atoms with Crippen LogP contribution in [0.5, 0.6) is 0 Å². The highest BCUT2D eigenvalue weighted by molar-refractivity contribution is 6.39. The van der Waals surface area contributed by atoms with Gasteiger partial charge in [-0.1, -0.05) is 23.2 Å². The average Bonchev–Trinajstić information content (AvgIpc) is 2.91. The highest BCUT2D eigenvalue weighted by atomic mass is 35.5. The van der Waals surface area contributed by atoms with E-state index in [2.05, 4.69) is 10.1 Å². The minimum Gasteiger partial charge on any atom is -0.453 e. The van der Waals surface area contributed by atoms with E-state index in [1.807, 2.05) is 0 Å². The van der Waals surface area contributed by atoms with Gasteiger partial charge in [-0.05, 0) is 18.6 Å². The number of methoxy groups -OCH3 is 1. The van der Waals surface area contributed by atoms with Crippen LogP contribution in [0.25, 0.3) is 0 Å². The number of benzene rings is 1. The van der Waals surface area contributed by atoms with Crippen LogP contribution in [0.4, 0.5) is 10.5 Å². The Balaban J connectivity index is 2.06. The van der Waals surface area contributed by atoms with Gasteiger partial charge in [-0.3, -0.25) is 4.79 Å². The fourth-order valence-corrected chi connectivity index (χ4v) is 2.67. The lowest BCUT2D eigenvalue weighted by atomic mass is 10.2. The number of likely N-dealkylation sites (tertiary alicyclic amines) is 1. The summed E-state index contributed by atoms with van der Waals surface area (Å²) >= 11 is 11.9. The molecule has 1 fully saturated rings. The lowest BCUT2D eigenvalue weighted by Gasteiger charge is -2.17. The molecule has 114 valence electrons. The smallest absolute Gasteiger partial charge is 0.407 e. The molecule has 1 aromatic carbocycles. The van der Waals surface area contributed by atoms with Crippen LogP contribution in [0.1, 0.15) is 16.8 Å². The largest absolute Gasteiger partial charge is 0.453 e. The van der Waals surface area contributed by atoms with Gasteiger partial charge in [-0.2, -0.15) is 0 Å². The summed E-state index contributed by atoms with van der Waals surface area (Å²) in [4.78, 5) is 25.2. The van der Waals surface area contributed by atoms with E-state index in [1.165, 1.54) is 19.2 Å². The molecule has 3 N–H and O–H groups in total. The second kappa shape index (κ2) is 6.41. The standard InChI is InChI=1S/C13H15Cl2N3O3/c1-21-13(20)17-8-2-3-18(6-8)12(19)7-4-9(14)11(16)10(15)5-7/h4-5,8H,2-3,6,16H2,1H3,(H,17,20). The first-order valence-corrected chi connectivity index (χ1v) is 7.06. The maximum Gasteiger partial charge on any atom is 0.407 e. The average molecular weight is 332 g/mol. The zero-order valence-electron chi connectivity index (χ0n) is 11.4. The van der Waals surface area contributed by atoms with Crippen molar-refractivity contribution < 1.29 is 14.3 Å². The highest BCUT2D eigenvalue weighted by Crippen LogP contribution is 2.29. The Bertz CT molecular complexity index is 557. The number of ether oxygens (including phenoxy) is 1. The van der Waals surface area contributed by atoms with Gasteiger partial charge in [0.1, 0.15) is 0 Å². The molecule has 2 amide bonds. The van der Waals surface area contributed by atoms with Gasteiger partial charge >= 0.3 is 6.09 Å². The number of alkyl carbamates (subject to hydrolysis) is 1. The number of nitrogen functional groups attached to an aromatic ring is 1. The minimum absolute atomic E-state index is 0.124. The van der Waals surface area contributed by atoms with E-state index in [-0.39, 0.29) is 27.7 Å². The summed E-state index contributed by atoms with van der Waals surface area (Å²) in [7, 11) is 1.30. The lowest BCUT2D eigenvalue weighted by molar-refractivity contribution is 0.0788. The van der Waals surface area contributed by atoms with E-state index in [0.29, 0.717) is 25.1 Å². The quantitative estimate of drug-likeness (QED) is 0.813. The fourth-order valence-electron chi connectivity index (χ4n) is 2.18. The van der Waals surface area contributed by atoms with Gasteiger partial charge in [-0.15, -0.1) is 0 Å². The molecular weight excluding hydrogens is 317 g/mol. The normalized spacial score (nSPS) is 17.7. The molecule has 1 atom stereocenters. The molecule has 1 saturated heterocycles. The summed E-state index contributed by atoms with van der Waals surface area (Å²) in [6.07, 6.45) is 0.157. The monoisotopic (exact) mass is 331 g/mol. The molecule has 0 saturated carbocycles. The predicted octanol–water partition coefficient (Wildman–Crippen LogP) is 2.15. The summed E-state index contributed by atoms with van der Waals surface area (Å²) in [5.74, 6) is -0.201. The molecule has 21 heavy (non-hydrogen) atoms. The molecule has 1 unspecified atom stereocenters. The van der Waals surface area contributed by atoms with Gasteiger partial charge < -0.3 is 20.7 Å². The maximum absolute atomic E-state index is 12.4. The summed E-state index contributed by atoms with van der Waals surface area (Å²) in [6, 6.07) is 2.86. The molecule has 1 aliphatic rings. The van der Waals surface area contributed by atoms with Crippen LogP contribution >= 0.6 is 23.2 Å². The van der Waals surface area contributed by atoms with E-state index in [9.17, 15) is 9.59 Å². The van der Waals surface area contributed by atoms with Gasteiger partial charge in [-0.25, -0.2) is 4.79 Å². The van der Waals surface area contributed by atoms with Crippen molar-refractivity contribution in [3.63, 3.8) is 0 Å². The molecule has 1 aromatic rings. The Morgan fingerprint density at radius 1 is 1.38 bits per heavy atom. The Morgan fingerprint density at radius 3 is 2.57 bits per heavy atom. The number of nitrogens with one attached hydrogen (secondary N) is 1. The van der Waals surface area contributed by atoms with Gasteiger partial charge in [0.25, 0.3) is 5.91 Å². The first-order valence-electron chi connectivity index (χ1n) is 6.30.